The fourth-order valence-corrected chi connectivity index (χ4v) is 2.03. The minimum atomic E-state index is 0.262. The quantitative estimate of drug-likeness (QED) is 0.748. The number of nitrogen functional groups attached to an aromatic ring is 1. The van der Waals surface area contributed by atoms with Gasteiger partial charge in [0.25, 0.3) is 0 Å². The number of anilines is 3. The van der Waals surface area contributed by atoms with Crippen LogP contribution in [-0.2, 0) is 4.74 Å². The molecule has 1 aliphatic heterocycles. The van der Waals surface area contributed by atoms with Gasteiger partial charge in [0.1, 0.15) is 11.6 Å². The summed E-state index contributed by atoms with van der Waals surface area (Å²) in [5.74, 6) is 1.77. The van der Waals surface area contributed by atoms with Crippen LogP contribution in [-0.4, -0.2) is 36.8 Å². The molecule has 0 unspecified atom stereocenters. The van der Waals surface area contributed by atoms with Crippen molar-refractivity contribution in [2.45, 2.75) is 19.8 Å². The normalized spacial score (nSPS) is 18.3. The third kappa shape index (κ3) is 3.22. The summed E-state index contributed by atoms with van der Waals surface area (Å²) in [4.78, 5) is 8.24. The molecule has 2 rings (SSSR count). The molecule has 0 aromatic carbocycles. The zero-order chi connectivity index (χ0) is 13.0. The summed E-state index contributed by atoms with van der Waals surface area (Å²) in [6.45, 7) is 4.82. The van der Waals surface area contributed by atoms with Gasteiger partial charge in [-0.1, -0.05) is 6.92 Å². The molecule has 0 aliphatic carbocycles. The monoisotopic (exact) mass is 251 g/mol. The first-order valence-electron chi connectivity index (χ1n) is 6.25. The molecule has 0 amide bonds. The number of rotatable bonds is 4. The predicted molar refractivity (Wildman–Crippen MR) is 72.6 cm³/mol. The van der Waals surface area contributed by atoms with Gasteiger partial charge in [-0.25, -0.2) is 0 Å². The summed E-state index contributed by atoms with van der Waals surface area (Å²) in [6, 6.07) is 1.86. The Morgan fingerprint density at radius 2 is 2.00 bits per heavy atom. The van der Waals surface area contributed by atoms with Crippen molar-refractivity contribution in [3.63, 3.8) is 0 Å². The lowest BCUT2D eigenvalue weighted by atomic mass is 9.82. The summed E-state index contributed by atoms with van der Waals surface area (Å²) >= 11 is 0. The van der Waals surface area contributed by atoms with E-state index in [1.165, 1.54) is 0 Å². The fraction of sp³-hybridized carbons (Fsp3) is 0.667. The second-order valence-electron chi connectivity index (χ2n) is 5.02. The lowest BCUT2D eigenvalue weighted by Gasteiger charge is -2.33. The van der Waals surface area contributed by atoms with Crippen LogP contribution in [0.5, 0.6) is 0 Å². The number of nitrogens with one attached hydrogen (secondary N) is 2. The van der Waals surface area contributed by atoms with Gasteiger partial charge in [-0.05, 0) is 18.3 Å². The summed E-state index contributed by atoms with van der Waals surface area (Å²) in [5, 5.41) is 6.31. The minimum absolute atomic E-state index is 0.262. The van der Waals surface area contributed by atoms with Crippen LogP contribution in [0.15, 0.2) is 6.07 Å². The highest BCUT2D eigenvalue weighted by Crippen LogP contribution is 2.29. The Balaban J connectivity index is 1.98. The molecule has 6 nitrogen and oxygen atoms in total. The van der Waals surface area contributed by atoms with Crippen LogP contribution in [0.2, 0.25) is 0 Å². The van der Waals surface area contributed by atoms with E-state index in [4.69, 9.17) is 10.5 Å². The second kappa shape index (κ2) is 5.39. The van der Waals surface area contributed by atoms with E-state index < -0.39 is 0 Å². The smallest absolute Gasteiger partial charge is 0.223 e. The highest BCUT2D eigenvalue weighted by atomic mass is 16.5. The van der Waals surface area contributed by atoms with Gasteiger partial charge in [0.05, 0.1) is 0 Å². The molecular formula is C12H21N5O. The highest BCUT2D eigenvalue weighted by Gasteiger charge is 2.27. The van der Waals surface area contributed by atoms with Gasteiger partial charge in [0.15, 0.2) is 0 Å². The first-order chi connectivity index (χ1) is 8.61. The molecule has 100 valence electrons. The van der Waals surface area contributed by atoms with E-state index >= 15 is 0 Å². The number of ether oxygens (including phenoxy) is 1. The lowest BCUT2D eigenvalue weighted by molar-refractivity contribution is 0.0300. The van der Waals surface area contributed by atoms with Crippen LogP contribution in [0.1, 0.15) is 19.8 Å². The van der Waals surface area contributed by atoms with Gasteiger partial charge in [0, 0.05) is 32.9 Å². The molecule has 0 bridgehead atoms. The summed E-state index contributed by atoms with van der Waals surface area (Å²) in [7, 11) is 1.81. The molecule has 2 heterocycles. The predicted octanol–water partition coefficient (Wildman–Crippen LogP) is 1.33. The Hall–Kier alpha value is -1.56. The largest absolute Gasteiger partial charge is 0.381 e. The van der Waals surface area contributed by atoms with Crippen LogP contribution < -0.4 is 16.4 Å². The van der Waals surface area contributed by atoms with Crippen molar-refractivity contribution in [3.05, 3.63) is 6.07 Å². The summed E-state index contributed by atoms with van der Waals surface area (Å²) in [5.41, 5.74) is 5.92. The highest BCUT2D eigenvalue weighted by molar-refractivity contribution is 5.50. The number of nitrogens with two attached hydrogens (primary N) is 1. The van der Waals surface area contributed by atoms with Crippen molar-refractivity contribution in [2.24, 2.45) is 5.41 Å². The van der Waals surface area contributed by atoms with E-state index in [9.17, 15) is 0 Å². The zero-order valence-electron chi connectivity index (χ0n) is 11.0. The molecule has 1 fully saturated rings. The SMILES string of the molecule is CNc1cc(NCC2(C)CCOCC2)nc(N)n1. The van der Waals surface area contributed by atoms with E-state index in [-0.39, 0.29) is 11.4 Å². The van der Waals surface area contributed by atoms with Crippen LogP contribution >= 0.6 is 0 Å². The Morgan fingerprint density at radius 1 is 1.33 bits per heavy atom. The summed E-state index contributed by atoms with van der Waals surface area (Å²) in [6.07, 6.45) is 2.14. The minimum Gasteiger partial charge on any atom is -0.381 e. The maximum Gasteiger partial charge on any atom is 0.223 e. The average Bonchev–Trinajstić information content (AvgIpc) is 2.37. The number of hydrogen-bond donors (Lipinski definition) is 3. The molecule has 18 heavy (non-hydrogen) atoms. The van der Waals surface area contributed by atoms with E-state index in [0.29, 0.717) is 0 Å². The van der Waals surface area contributed by atoms with Crippen molar-refractivity contribution in [1.29, 1.82) is 0 Å². The second-order valence-corrected chi connectivity index (χ2v) is 5.02. The van der Waals surface area contributed by atoms with Gasteiger partial charge >= 0.3 is 0 Å². The van der Waals surface area contributed by atoms with Crippen LogP contribution in [0.4, 0.5) is 17.6 Å². The van der Waals surface area contributed by atoms with Crippen LogP contribution in [0.3, 0.4) is 0 Å². The average molecular weight is 251 g/mol. The van der Waals surface area contributed by atoms with E-state index in [0.717, 1.165) is 44.2 Å². The van der Waals surface area contributed by atoms with E-state index in [1.54, 1.807) is 0 Å². The van der Waals surface area contributed by atoms with Gasteiger partial charge in [0.2, 0.25) is 5.95 Å². The molecule has 0 saturated carbocycles. The van der Waals surface area contributed by atoms with Gasteiger partial charge < -0.3 is 21.1 Å². The van der Waals surface area contributed by atoms with Crippen molar-refractivity contribution in [1.82, 2.24) is 9.97 Å². The van der Waals surface area contributed by atoms with Gasteiger partial charge in [-0.15, -0.1) is 0 Å². The van der Waals surface area contributed by atoms with Crippen LogP contribution in [0, 0.1) is 5.41 Å². The van der Waals surface area contributed by atoms with Gasteiger partial charge in [-0.2, -0.15) is 9.97 Å². The maximum atomic E-state index is 5.65. The van der Waals surface area contributed by atoms with Crippen LogP contribution in [0.25, 0.3) is 0 Å². The lowest BCUT2D eigenvalue weighted by Crippen LogP contribution is -2.33. The molecule has 1 aromatic heterocycles. The third-order valence-corrected chi connectivity index (χ3v) is 3.40. The van der Waals surface area contributed by atoms with Crippen molar-refractivity contribution < 1.29 is 4.74 Å². The van der Waals surface area contributed by atoms with E-state index in [1.807, 2.05) is 13.1 Å². The molecule has 0 spiro atoms. The van der Waals surface area contributed by atoms with E-state index in [2.05, 4.69) is 27.5 Å². The third-order valence-electron chi connectivity index (χ3n) is 3.40. The molecular weight excluding hydrogens is 230 g/mol. The number of aromatic nitrogens is 2. The standard InChI is InChI=1S/C12H21N5O/c1-12(3-5-18-6-4-12)8-15-10-7-9(14-2)16-11(13)17-10/h7H,3-6,8H2,1-2H3,(H4,13,14,15,16,17). The zero-order valence-corrected chi connectivity index (χ0v) is 11.0. The molecule has 0 atom stereocenters. The molecule has 0 radical (unpaired) electrons. The Bertz CT molecular complexity index is 403. The Morgan fingerprint density at radius 3 is 2.67 bits per heavy atom. The van der Waals surface area contributed by atoms with Crippen molar-refractivity contribution in [2.75, 3.05) is 43.2 Å². The Labute approximate surface area is 107 Å². The first kappa shape index (κ1) is 12.9. The summed E-state index contributed by atoms with van der Waals surface area (Å²) < 4.78 is 5.39. The fourth-order valence-electron chi connectivity index (χ4n) is 2.03. The maximum absolute atomic E-state index is 5.65. The van der Waals surface area contributed by atoms with Crippen molar-refractivity contribution >= 4 is 17.6 Å². The molecule has 4 N–H and O–H groups in total. The molecule has 1 aromatic rings. The van der Waals surface area contributed by atoms with Gasteiger partial charge in [-0.3, -0.25) is 0 Å². The molecule has 1 saturated heterocycles. The first-order valence-corrected chi connectivity index (χ1v) is 6.25. The van der Waals surface area contributed by atoms with Crippen molar-refractivity contribution in [3.8, 4) is 0 Å². The number of hydrogen-bond acceptors (Lipinski definition) is 6. The molecule has 1 aliphatic rings. The topological polar surface area (TPSA) is 85.1 Å². The Kier molecular flexibility index (Phi) is 3.86. The molecule has 6 heteroatoms. The number of nitrogens with zero attached hydrogens (tertiary/aromatic N) is 2.